The predicted octanol–water partition coefficient (Wildman–Crippen LogP) is 2.08. The molecular weight excluding hydrogens is 192 g/mol. The van der Waals surface area contributed by atoms with Gasteiger partial charge in [-0.05, 0) is 11.4 Å². The van der Waals surface area contributed by atoms with Gasteiger partial charge in [0, 0.05) is 5.56 Å². The minimum atomic E-state index is 0.711. The van der Waals surface area contributed by atoms with E-state index in [-0.39, 0.29) is 0 Å². The van der Waals surface area contributed by atoms with Crippen molar-refractivity contribution in [2.45, 2.75) is 0 Å². The first-order chi connectivity index (χ1) is 5.92. The van der Waals surface area contributed by atoms with Gasteiger partial charge in [-0.3, -0.25) is 4.79 Å². The summed E-state index contributed by atoms with van der Waals surface area (Å²) in [6.07, 6.45) is 2.51. The molecule has 0 aliphatic carbocycles. The number of aromatic nitrogens is 2. The second-order valence-corrected chi connectivity index (χ2v) is 3.61. The summed E-state index contributed by atoms with van der Waals surface area (Å²) in [5, 5.41) is 1.87. The third-order valence-electron chi connectivity index (χ3n) is 1.44. The quantitative estimate of drug-likeness (QED) is 0.691. The minimum Gasteiger partial charge on any atom is -0.297 e. The Balaban J connectivity index is 2.53. The van der Waals surface area contributed by atoms with E-state index in [0.717, 1.165) is 29.3 Å². The summed E-state index contributed by atoms with van der Waals surface area (Å²) >= 11 is 2.56. The number of aldehydes is 1. The molecule has 3 nitrogen and oxygen atoms in total. The largest absolute Gasteiger partial charge is 0.297 e. The van der Waals surface area contributed by atoms with E-state index in [0.29, 0.717) is 4.88 Å². The summed E-state index contributed by atoms with van der Waals surface area (Å²) in [5.74, 6) is 0. The van der Waals surface area contributed by atoms with Crippen LogP contribution in [0.2, 0.25) is 0 Å². The Hall–Kier alpha value is -1.07. The predicted molar refractivity (Wildman–Crippen MR) is 48.6 cm³/mol. The highest BCUT2D eigenvalue weighted by molar-refractivity contribution is 7.12. The lowest BCUT2D eigenvalue weighted by Gasteiger charge is -1.88. The van der Waals surface area contributed by atoms with E-state index < -0.39 is 0 Å². The van der Waals surface area contributed by atoms with E-state index >= 15 is 0 Å². The summed E-state index contributed by atoms with van der Waals surface area (Å²) in [4.78, 5) is 11.3. The normalized spacial score (nSPS) is 10.0. The van der Waals surface area contributed by atoms with E-state index in [4.69, 9.17) is 0 Å². The van der Waals surface area contributed by atoms with Gasteiger partial charge >= 0.3 is 0 Å². The molecule has 2 aromatic heterocycles. The van der Waals surface area contributed by atoms with Crippen molar-refractivity contribution in [1.82, 2.24) is 8.75 Å². The Morgan fingerprint density at radius 2 is 2.42 bits per heavy atom. The molecule has 0 saturated carbocycles. The molecule has 0 atom stereocenters. The van der Waals surface area contributed by atoms with Gasteiger partial charge in [-0.15, -0.1) is 11.3 Å². The van der Waals surface area contributed by atoms with Crippen LogP contribution in [-0.4, -0.2) is 15.0 Å². The molecule has 0 fully saturated rings. The van der Waals surface area contributed by atoms with Crippen molar-refractivity contribution in [2.24, 2.45) is 0 Å². The van der Waals surface area contributed by atoms with Gasteiger partial charge in [0.05, 0.1) is 22.8 Å². The fraction of sp³-hybridized carbons (Fsp3) is 0. The van der Waals surface area contributed by atoms with Crippen LogP contribution in [0.1, 0.15) is 9.67 Å². The Kier molecular flexibility index (Phi) is 1.97. The standard InChI is InChI=1S/C7H4N2OS2/c10-4-7-5(1-2-11-7)6-3-8-12-9-6/h1-4H. The third-order valence-corrected chi connectivity index (χ3v) is 2.76. The molecular formula is C7H4N2OS2. The minimum absolute atomic E-state index is 0.711. The maximum atomic E-state index is 10.5. The SMILES string of the molecule is O=Cc1sccc1-c1cnsn1. The number of thiophene rings is 1. The van der Waals surface area contributed by atoms with Crippen LogP contribution in [0.25, 0.3) is 11.3 Å². The second-order valence-electron chi connectivity index (χ2n) is 2.11. The molecule has 12 heavy (non-hydrogen) atoms. The van der Waals surface area contributed by atoms with E-state index in [1.54, 1.807) is 6.20 Å². The van der Waals surface area contributed by atoms with E-state index in [1.807, 2.05) is 11.4 Å². The Labute approximate surface area is 77.0 Å². The molecule has 0 aliphatic rings. The first kappa shape index (κ1) is 7.57. The van der Waals surface area contributed by atoms with Gasteiger partial charge in [0.15, 0.2) is 6.29 Å². The van der Waals surface area contributed by atoms with Crippen LogP contribution in [0.5, 0.6) is 0 Å². The fourth-order valence-electron chi connectivity index (χ4n) is 0.907. The summed E-state index contributed by atoms with van der Waals surface area (Å²) in [6, 6.07) is 1.88. The Morgan fingerprint density at radius 3 is 3.08 bits per heavy atom. The molecule has 2 heterocycles. The second kappa shape index (κ2) is 3.12. The van der Waals surface area contributed by atoms with Gasteiger partial charge in [-0.2, -0.15) is 8.75 Å². The lowest BCUT2D eigenvalue weighted by molar-refractivity contribution is 0.112. The van der Waals surface area contributed by atoms with E-state index in [2.05, 4.69) is 8.75 Å². The average Bonchev–Trinajstić information content (AvgIpc) is 2.74. The van der Waals surface area contributed by atoms with Crippen molar-refractivity contribution in [3.8, 4) is 11.3 Å². The number of nitrogens with zero attached hydrogens (tertiary/aromatic N) is 2. The molecule has 0 bridgehead atoms. The number of hydrogen-bond acceptors (Lipinski definition) is 5. The summed E-state index contributed by atoms with van der Waals surface area (Å²) in [7, 11) is 0. The van der Waals surface area contributed by atoms with Crippen LogP contribution in [0.3, 0.4) is 0 Å². The highest BCUT2D eigenvalue weighted by Gasteiger charge is 2.07. The fourth-order valence-corrected chi connectivity index (χ4v) is 2.04. The molecule has 0 amide bonds. The number of hydrogen-bond donors (Lipinski definition) is 0. The van der Waals surface area contributed by atoms with E-state index in [1.165, 1.54) is 11.3 Å². The molecule has 0 spiro atoms. The van der Waals surface area contributed by atoms with Crippen LogP contribution in [0, 0.1) is 0 Å². The molecule has 2 rings (SSSR count). The zero-order valence-electron chi connectivity index (χ0n) is 5.93. The van der Waals surface area contributed by atoms with Crippen molar-refractivity contribution in [3.05, 3.63) is 22.5 Å². The van der Waals surface area contributed by atoms with Crippen LogP contribution in [0.4, 0.5) is 0 Å². The van der Waals surface area contributed by atoms with Crippen LogP contribution < -0.4 is 0 Å². The Morgan fingerprint density at radius 1 is 1.50 bits per heavy atom. The molecule has 0 saturated heterocycles. The van der Waals surface area contributed by atoms with Gasteiger partial charge in [-0.1, -0.05) is 0 Å². The third kappa shape index (κ3) is 1.17. The van der Waals surface area contributed by atoms with Crippen LogP contribution in [0.15, 0.2) is 17.6 Å². The first-order valence-electron chi connectivity index (χ1n) is 3.22. The molecule has 0 radical (unpaired) electrons. The summed E-state index contributed by atoms with van der Waals surface area (Å²) in [6.45, 7) is 0. The van der Waals surface area contributed by atoms with Gasteiger partial charge < -0.3 is 0 Å². The van der Waals surface area contributed by atoms with Crippen molar-refractivity contribution in [1.29, 1.82) is 0 Å². The van der Waals surface area contributed by atoms with Crippen molar-refractivity contribution >= 4 is 29.4 Å². The number of carbonyl (C=O) groups is 1. The highest BCUT2D eigenvalue weighted by atomic mass is 32.1. The maximum Gasteiger partial charge on any atom is 0.160 e. The molecule has 0 unspecified atom stereocenters. The monoisotopic (exact) mass is 196 g/mol. The topological polar surface area (TPSA) is 42.9 Å². The molecule has 0 aliphatic heterocycles. The molecule has 2 aromatic rings. The number of rotatable bonds is 2. The lowest BCUT2D eigenvalue weighted by Crippen LogP contribution is -1.78. The van der Waals surface area contributed by atoms with Gasteiger partial charge in [-0.25, -0.2) is 0 Å². The smallest absolute Gasteiger partial charge is 0.160 e. The molecule has 60 valence electrons. The zero-order valence-corrected chi connectivity index (χ0v) is 7.56. The lowest BCUT2D eigenvalue weighted by atomic mass is 10.2. The van der Waals surface area contributed by atoms with Gasteiger partial charge in [0.25, 0.3) is 0 Å². The van der Waals surface area contributed by atoms with E-state index in [9.17, 15) is 4.79 Å². The maximum absolute atomic E-state index is 10.5. The van der Waals surface area contributed by atoms with Gasteiger partial charge in [0.2, 0.25) is 0 Å². The zero-order chi connectivity index (χ0) is 8.39. The van der Waals surface area contributed by atoms with Crippen LogP contribution in [-0.2, 0) is 0 Å². The average molecular weight is 196 g/mol. The Bertz CT molecular complexity index is 380. The summed E-state index contributed by atoms with van der Waals surface area (Å²) < 4.78 is 7.92. The van der Waals surface area contributed by atoms with Crippen molar-refractivity contribution < 1.29 is 4.79 Å². The molecule has 0 N–H and O–H groups in total. The van der Waals surface area contributed by atoms with Crippen molar-refractivity contribution in [3.63, 3.8) is 0 Å². The summed E-state index contributed by atoms with van der Waals surface area (Å²) in [5.41, 5.74) is 1.66. The van der Waals surface area contributed by atoms with Crippen LogP contribution >= 0.6 is 23.1 Å². The first-order valence-corrected chi connectivity index (χ1v) is 4.83. The highest BCUT2D eigenvalue weighted by Crippen LogP contribution is 2.25. The molecule has 0 aromatic carbocycles. The molecule has 5 heteroatoms. The van der Waals surface area contributed by atoms with Gasteiger partial charge in [0.1, 0.15) is 5.69 Å². The van der Waals surface area contributed by atoms with Crippen molar-refractivity contribution in [2.75, 3.05) is 0 Å². The number of carbonyl (C=O) groups excluding carboxylic acids is 1.